The molecule has 0 saturated heterocycles. The molecular weight excluding hydrogens is 314 g/mol. The zero-order valence-electron chi connectivity index (χ0n) is 11.4. The Bertz CT molecular complexity index is 622. The van der Waals surface area contributed by atoms with E-state index in [0.29, 0.717) is 36.9 Å². The molecule has 5 nitrogen and oxygen atoms in total. The third-order valence-electron chi connectivity index (χ3n) is 3.40. The molecule has 114 valence electrons. The maximum atomic E-state index is 12.1. The van der Waals surface area contributed by atoms with Gasteiger partial charge in [-0.15, -0.1) is 0 Å². The quantitative estimate of drug-likeness (QED) is 0.437. The van der Waals surface area contributed by atoms with Crippen molar-refractivity contribution in [2.45, 2.75) is 25.7 Å². The highest BCUT2D eigenvalue weighted by Gasteiger charge is 2.34. The van der Waals surface area contributed by atoms with Gasteiger partial charge in [-0.1, -0.05) is 25.0 Å². The molecule has 0 saturated carbocycles. The largest absolute Gasteiger partial charge is 0.274 e. The van der Waals surface area contributed by atoms with E-state index in [9.17, 15) is 18.0 Å². The van der Waals surface area contributed by atoms with Crippen molar-refractivity contribution in [2.24, 2.45) is 0 Å². The van der Waals surface area contributed by atoms with Crippen LogP contribution in [0, 0.1) is 0 Å². The molecular formula is C14H16ClNO4S. The highest BCUT2D eigenvalue weighted by molar-refractivity contribution is 8.13. The van der Waals surface area contributed by atoms with Crippen LogP contribution in [0.2, 0.25) is 0 Å². The summed E-state index contributed by atoms with van der Waals surface area (Å²) in [7, 11) is 1.69. The molecule has 7 heteroatoms. The minimum atomic E-state index is -3.43. The molecule has 0 atom stereocenters. The predicted molar refractivity (Wildman–Crippen MR) is 79.9 cm³/mol. The molecule has 1 aromatic rings. The Kier molecular flexibility index (Phi) is 5.00. The summed E-state index contributed by atoms with van der Waals surface area (Å²) >= 11 is 0. The second-order valence-electron chi connectivity index (χ2n) is 4.96. The first-order valence-corrected chi connectivity index (χ1v) is 9.25. The highest BCUT2D eigenvalue weighted by Crippen LogP contribution is 2.22. The lowest BCUT2D eigenvalue weighted by atomic mass is 10.1. The minimum absolute atomic E-state index is 0.0401. The fraction of sp³-hybridized carbons (Fsp3) is 0.429. The average Bonchev–Trinajstić information content (AvgIpc) is 2.66. The normalized spacial score (nSPS) is 14.6. The van der Waals surface area contributed by atoms with Gasteiger partial charge in [0.25, 0.3) is 11.8 Å². The molecule has 1 aromatic carbocycles. The first-order valence-electron chi connectivity index (χ1n) is 6.78. The summed E-state index contributed by atoms with van der Waals surface area (Å²) in [5.41, 5.74) is 0.909. The molecule has 0 radical (unpaired) electrons. The lowest BCUT2D eigenvalue weighted by Crippen LogP contribution is -2.30. The fourth-order valence-corrected chi connectivity index (χ4v) is 3.22. The molecule has 1 aliphatic rings. The van der Waals surface area contributed by atoms with Crippen LogP contribution in [0.4, 0.5) is 0 Å². The molecule has 2 rings (SSSR count). The van der Waals surface area contributed by atoms with Crippen molar-refractivity contribution < 1.29 is 18.0 Å². The van der Waals surface area contributed by atoms with E-state index in [0.717, 1.165) is 6.42 Å². The molecule has 0 N–H and O–H groups in total. The molecule has 0 unspecified atom stereocenters. The predicted octanol–water partition coefficient (Wildman–Crippen LogP) is 2.41. The van der Waals surface area contributed by atoms with Crippen molar-refractivity contribution >= 4 is 31.5 Å². The standard InChI is InChI=1S/C14H16ClNO4S/c15-21(19,20)10-6-2-1-5-9-16-13(17)11-7-3-4-8-12(11)14(16)18/h3-4,7-8H,1-2,5-6,9-10H2. The Morgan fingerprint density at radius 2 is 1.43 bits per heavy atom. The topological polar surface area (TPSA) is 71.5 Å². The Labute approximate surface area is 128 Å². The number of imide groups is 1. The molecule has 1 aliphatic heterocycles. The number of fused-ring (bicyclic) bond motifs is 1. The van der Waals surface area contributed by atoms with Crippen molar-refractivity contribution in [1.82, 2.24) is 4.90 Å². The van der Waals surface area contributed by atoms with Crippen LogP contribution >= 0.6 is 10.7 Å². The summed E-state index contributed by atoms with van der Waals surface area (Å²) in [4.78, 5) is 25.4. The van der Waals surface area contributed by atoms with Crippen LogP contribution in [-0.2, 0) is 9.05 Å². The van der Waals surface area contributed by atoms with Crippen molar-refractivity contribution in [2.75, 3.05) is 12.3 Å². The Morgan fingerprint density at radius 1 is 0.905 bits per heavy atom. The van der Waals surface area contributed by atoms with Crippen LogP contribution in [0.5, 0.6) is 0 Å². The molecule has 0 aliphatic carbocycles. The summed E-state index contributed by atoms with van der Waals surface area (Å²) in [5.74, 6) is -0.542. The monoisotopic (exact) mass is 329 g/mol. The van der Waals surface area contributed by atoms with E-state index < -0.39 is 9.05 Å². The fourth-order valence-electron chi connectivity index (χ4n) is 2.34. The lowest BCUT2D eigenvalue weighted by Gasteiger charge is -2.13. The Hall–Kier alpha value is -1.40. The van der Waals surface area contributed by atoms with E-state index in [1.54, 1.807) is 24.3 Å². The Balaban J connectivity index is 1.78. The van der Waals surface area contributed by atoms with E-state index in [4.69, 9.17) is 10.7 Å². The van der Waals surface area contributed by atoms with Gasteiger partial charge in [0.2, 0.25) is 9.05 Å². The third kappa shape index (κ3) is 4.04. The van der Waals surface area contributed by atoms with Crippen LogP contribution in [-0.4, -0.2) is 37.4 Å². The molecule has 21 heavy (non-hydrogen) atoms. The van der Waals surface area contributed by atoms with E-state index >= 15 is 0 Å². The van der Waals surface area contributed by atoms with Crippen LogP contribution in [0.15, 0.2) is 24.3 Å². The number of hydrogen-bond donors (Lipinski definition) is 0. The maximum absolute atomic E-state index is 12.1. The number of hydrogen-bond acceptors (Lipinski definition) is 4. The smallest absolute Gasteiger partial charge is 0.261 e. The van der Waals surface area contributed by atoms with Gasteiger partial charge in [-0.2, -0.15) is 0 Å². The minimum Gasteiger partial charge on any atom is -0.274 e. The second kappa shape index (κ2) is 6.58. The SMILES string of the molecule is O=C1c2ccccc2C(=O)N1CCCCCCS(=O)(=O)Cl. The van der Waals surface area contributed by atoms with E-state index in [1.165, 1.54) is 4.90 Å². The summed E-state index contributed by atoms with van der Waals surface area (Å²) in [6.07, 6.45) is 2.61. The van der Waals surface area contributed by atoms with Gasteiger partial charge in [-0.25, -0.2) is 8.42 Å². The van der Waals surface area contributed by atoms with Crippen molar-refractivity contribution in [3.8, 4) is 0 Å². The molecule has 0 fully saturated rings. The number of carbonyl (C=O) groups excluding carboxylic acids is 2. The van der Waals surface area contributed by atoms with Gasteiger partial charge in [0.05, 0.1) is 16.9 Å². The molecule has 2 amide bonds. The molecule has 1 heterocycles. The number of amides is 2. The number of benzene rings is 1. The van der Waals surface area contributed by atoms with Crippen LogP contribution < -0.4 is 0 Å². The van der Waals surface area contributed by atoms with Gasteiger partial charge >= 0.3 is 0 Å². The van der Waals surface area contributed by atoms with Gasteiger partial charge in [-0.05, 0) is 25.0 Å². The summed E-state index contributed by atoms with van der Waals surface area (Å²) in [5, 5.41) is 0. The second-order valence-corrected chi connectivity index (χ2v) is 7.86. The number of carbonyl (C=O) groups is 2. The van der Waals surface area contributed by atoms with E-state index in [1.807, 2.05) is 0 Å². The first kappa shape index (κ1) is 16.0. The number of rotatable bonds is 7. The van der Waals surface area contributed by atoms with E-state index in [-0.39, 0.29) is 17.6 Å². The van der Waals surface area contributed by atoms with Crippen LogP contribution in [0.3, 0.4) is 0 Å². The Morgan fingerprint density at radius 3 is 1.95 bits per heavy atom. The number of unbranched alkanes of at least 4 members (excludes halogenated alkanes) is 3. The van der Waals surface area contributed by atoms with Crippen LogP contribution in [0.25, 0.3) is 0 Å². The van der Waals surface area contributed by atoms with Crippen molar-refractivity contribution in [3.63, 3.8) is 0 Å². The number of halogens is 1. The zero-order chi connectivity index (χ0) is 15.5. The molecule has 0 spiro atoms. The maximum Gasteiger partial charge on any atom is 0.261 e. The van der Waals surface area contributed by atoms with Gasteiger partial charge in [0, 0.05) is 17.2 Å². The summed E-state index contributed by atoms with van der Waals surface area (Å²) < 4.78 is 21.5. The zero-order valence-corrected chi connectivity index (χ0v) is 13.0. The number of nitrogens with zero attached hydrogens (tertiary/aromatic N) is 1. The lowest BCUT2D eigenvalue weighted by molar-refractivity contribution is 0.0651. The van der Waals surface area contributed by atoms with E-state index in [2.05, 4.69) is 0 Å². The average molecular weight is 330 g/mol. The van der Waals surface area contributed by atoms with Gasteiger partial charge in [0.15, 0.2) is 0 Å². The van der Waals surface area contributed by atoms with Crippen LogP contribution in [0.1, 0.15) is 46.4 Å². The summed E-state index contributed by atoms with van der Waals surface area (Å²) in [6.45, 7) is 0.361. The van der Waals surface area contributed by atoms with Gasteiger partial charge < -0.3 is 0 Å². The van der Waals surface area contributed by atoms with Gasteiger partial charge in [-0.3, -0.25) is 14.5 Å². The molecule has 0 aromatic heterocycles. The summed E-state index contributed by atoms with van der Waals surface area (Å²) in [6, 6.07) is 6.78. The van der Waals surface area contributed by atoms with Crippen molar-refractivity contribution in [3.05, 3.63) is 35.4 Å². The first-order chi connectivity index (χ1) is 9.90. The highest BCUT2D eigenvalue weighted by atomic mass is 35.7. The third-order valence-corrected chi connectivity index (χ3v) is 4.64. The van der Waals surface area contributed by atoms with Crippen molar-refractivity contribution in [1.29, 1.82) is 0 Å². The van der Waals surface area contributed by atoms with Gasteiger partial charge in [0.1, 0.15) is 0 Å². The molecule has 0 bridgehead atoms.